The maximum absolute atomic E-state index is 12.0. The number of hydrogen-bond acceptors (Lipinski definition) is 3. The summed E-state index contributed by atoms with van der Waals surface area (Å²) < 4.78 is 0. The van der Waals surface area contributed by atoms with E-state index in [1.54, 1.807) is 33.0 Å². The van der Waals surface area contributed by atoms with Gasteiger partial charge in [-0.15, -0.1) is 0 Å². The molecule has 0 aromatic heterocycles. The van der Waals surface area contributed by atoms with Crippen LogP contribution >= 0.6 is 0 Å². The number of anilines is 1. The van der Waals surface area contributed by atoms with Crippen molar-refractivity contribution in [3.05, 3.63) is 29.3 Å². The van der Waals surface area contributed by atoms with Crippen molar-refractivity contribution in [2.24, 2.45) is 0 Å². The lowest BCUT2D eigenvalue weighted by Crippen LogP contribution is -2.38. The Hall–Kier alpha value is -2.55. The van der Waals surface area contributed by atoms with Crippen molar-refractivity contribution < 1.29 is 14.7 Å². The van der Waals surface area contributed by atoms with Gasteiger partial charge in [0.15, 0.2) is 0 Å². The van der Waals surface area contributed by atoms with Gasteiger partial charge < -0.3 is 15.3 Å². The number of hydrogen-bond donors (Lipinski definition) is 2. The third-order valence-corrected chi connectivity index (χ3v) is 3.17. The number of carboxylic acids is 1. The highest BCUT2D eigenvalue weighted by Crippen LogP contribution is 2.19. The number of aromatic carboxylic acids is 1. The van der Waals surface area contributed by atoms with Crippen LogP contribution in [0.3, 0.4) is 0 Å². The van der Waals surface area contributed by atoms with Gasteiger partial charge in [-0.25, -0.2) is 9.59 Å². The summed E-state index contributed by atoms with van der Waals surface area (Å²) in [6.07, 6.45) is 0.234. The van der Waals surface area contributed by atoms with E-state index in [1.165, 1.54) is 11.0 Å². The molecule has 2 amide bonds. The fourth-order valence-corrected chi connectivity index (χ4v) is 1.68. The van der Waals surface area contributed by atoms with Crippen LogP contribution in [0.25, 0.3) is 0 Å². The first kappa shape index (κ1) is 15.5. The molecule has 0 aliphatic heterocycles. The molecule has 1 aromatic carbocycles. The highest BCUT2D eigenvalue weighted by molar-refractivity contribution is 5.95. The maximum atomic E-state index is 12.0. The number of carbonyl (C=O) groups is 2. The van der Waals surface area contributed by atoms with Crippen LogP contribution in [-0.2, 0) is 0 Å². The number of rotatable bonds is 4. The summed E-state index contributed by atoms with van der Waals surface area (Å²) in [7, 11) is 1.59. The van der Waals surface area contributed by atoms with E-state index in [9.17, 15) is 9.59 Å². The number of nitrogens with zero attached hydrogens (tertiary/aromatic N) is 2. The SMILES string of the molecule is Cc1c(NC(=O)N(C)C(C)CC#N)cccc1C(=O)O. The maximum Gasteiger partial charge on any atom is 0.336 e. The number of nitrogens with one attached hydrogen (secondary N) is 1. The summed E-state index contributed by atoms with van der Waals surface area (Å²) in [4.78, 5) is 24.5. The van der Waals surface area contributed by atoms with Crippen LogP contribution in [0.1, 0.15) is 29.3 Å². The lowest BCUT2D eigenvalue weighted by molar-refractivity contribution is 0.0696. The molecule has 0 radical (unpaired) electrons. The van der Waals surface area contributed by atoms with Crippen LogP contribution in [0.5, 0.6) is 0 Å². The molecule has 0 bridgehead atoms. The first-order valence-corrected chi connectivity index (χ1v) is 6.12. The second-order valence-corrected chi connectivity index (χ2v) is 4.54. The van der Waals surface area contributed by atoms with Gasteiger partial charge in [0, 0.05) is 18.8 Å². The van der Waals surface area contributed by atoms with Crippen LogP contribution in [-0.4, -0.2) is 35.1 Å². The molecular formula is C14H17N3O3. The Morgan fingerprint density at radius 2 is 2.15 bits per heavy atom. The predicted octanol–water partition coefficient (Wildman–Crippen LogP) is 2.46. The van der Waals surface area contributed by atoms with Gasteiger partial charge in [-0.1, -0.05) is 6.07 Å². The van der Waals surface area contributed by atoms with Crippen molar-refractivity contribution in [1.29, 1.82) is 5.26 Å². The third-order valence-electron chi connectivity index (χ3n) is 3.17. The summed E-state index contributed by atoms with van der Waals surface area (Å²) >= 11 is 0. The van der Waals surface area contributed by atoms with Crippen LogP contribution in [0.15, 0.2) is 18.2 Å². The average molecular weight is 275 g/mol. The van der Waals surface area contributed by atoms with E-state index >= 15 is 0 Å². The Balaban J connectivity index is 2.89. The fraction of sp³-hybridized carbons (Fsp3) is 0.357. The summed E-state index contributed by atoms with van der Waals surface area (Å²) in [6.45, 7) is 3.40. The van der Waals surface area contributed by atoms with E-state index in [0.717, 1.165) is 0 Å². The van der Waals surface area contributed by atoms with Crippen molar-refractivity contribution in [2.75, 3.05) is 12.4 Å². The van der Waals surface area contributed by atoms with Gasteiger partial charge in [0.1, 0.15) is 0 Å². The Labute approximate surface area is 117 Å². The molecule has 0 spiro atoms. The van der Waals surface area contributed by atoms with Gasteiger partial charge in [-0.05, 0) is 31.5 Å². The minimum Gasteiger partial charge on any atom is -0.478 e. The minimum absolute atomic E-state index is 0.149. The predicted molar refractivity (Wildman–Crippen MR) is 74.6 cm³/mol. The molecule has 20 heavy (non-hydrogen) atoms. The molecule has 1 rings (SSSR count). The number of benzene rings is 1. The Bertz CT molecular complexity index is 563. The zero-order valence-electron chi connectivity index (χ0n) is 11.7. The van der Waals surface area contributed by atoms with Crippen molar-refractivity contribution >= 4 is 17.7 Å². The molecule has 6 heteroatoms. The van der Waals surface area contributed by atoms with E-state index in [-0.39, 0.29) is 24.1 Å². The van der Waals surface area contributed by atoms with Crippen LogP contribution in [0.4, 0.5) is 10.5 Å². The second-order valence-electron chi connectivity index (χ2n) is 4.54. The summed E-state index contributed by atoms with van der Waals surface area (Å²) in [6, 6.07) is 6.10. The van der Waals surface area contributed by atoms with Gasteiger partial charge in [0.05, 0.1) is 18.1 Å². The lowest BCUT2D eigenvalue weighted by atomic mass is 10.1. The summed E-state index contributed by atoms with van der Waals surface area (Å²) in [5.74, 6) is -1.04. The average Bonchev–Trinajstić information content (AvgIpc) is 2.40. The second kappa shape index (κ2) is 6.57. The smallest absolute Gasteiger partial charge is 0.336 e. The molecule has 0 aliphatic carbocycles. The first-order chi connectivity index (χ1) is 9.38. The molecule has 0 heterocycles. The fourth-order valence-electron chi connectivity index (χ4n) is 1.68. The highest BCUT2D eigenvalue weighted by Gasteiger charge is 2.17. The Morgan fingerprint density at radius 1 is 1.50 bits per heavy atom. The first-order valence-electron chi connectivity index (χ1n) is 6.12. The standard InChI is InChI=1S/C14H17N3O3/c1-9(7-8-15)17(3)14(20)16-12-6-4-5-11(10(12)2)13(18)19/h4-6,9H,7H2,1-3H3,(H,16,20)(H,18,19). The molecule has 0 aliphatic rings. The molecule has 6 nitrogen and oxygen atoms in total. The number of carboxylic acid groups (broad SMARTS) is 1. The number of urea groups is 1. The minimum atomic E-state index is -1.04. The molecule has 0 fully saturated rings. The number of nitriles is 1. The van der Waals surface area contributed by atoms with Crippen molar-refractivity contribution in [2.45, 2.75) is 26.3 Å². The van der Waals surface area contributed by atoms with Crippen LogP contribution < -0.4 is 5.32 Å². The molecule has 1 unspecified atom stereocenters. The molecule has 106 valence electrons. The van der Waals surface area contributed by atoms with Gasteiger partial charge in [0.2, 0.25) is 0 Å². The summed E-state index contributed by atoms with van der Waals surface area (Å²) in [5.41, 5.74) is 1.09. The third kappa shape index (κ3) is 3.48. The topological polar surface area (TPSA) is 93.4 Å². The van der Waals surface area contributed by atoms with Gasteiger partial charge >= 0.3 is 12.0 Å². The Kier molecular flexibility index (Phi) is 5.09. The highest BCUT2D eigenvalue weighted by atomic mass is 16.4. The van der Waals surface area contributed by atoms with Crippen molar-refractivity contribution in [3.8, 4) is 6.07 Å². The lowest BCUT2D eigenvalue weighted by Gasteiger charge is -2.23. The largest absolute Gasteiger partial charge is 0.478 e. The molecule has 1 aromatic rings. The van der Waals surface area contributed by atoms with E-state index in [4.69, 9.17) is 10.4 Å². The zero-order valence-corrected chi connectivity index (χ0v) is 11.7. The normalized spacial score (nSPS) is 11.3. The van der Waals surface area contributed by atoms with Crippen LogP contribution in [0.2, 0.25) is 0 Å². The van der Waals surface area contributed by atoms with E-state index < -0.39 is 5.97 Å². The van der Waals surface area contributed by atoms with Crippen molar-refractivity contribution in [1.82, 2.24) is 4.90 Å². The number of amides is 2. The summed E-state index contributed by atoms with van der Waals surface area (Å²) in [5, 5.41) is 20.3. The quantitative estimate of drug-likeness (QED) is 0.882. The molecule has 2 N–H and O–H groups in total. The molecule has 0 saturated carbocycles. The van der Waals surface area contributed by atoms with E-state index in [1.807, 2.05) is 6.07 Å². The van der Waals surface area contributed by atoms with E-state index in [2.05, 4.69) is 5.32 Å². The van der Waals surface area contributed by atoms with Gasteiger partial charge in [0.25, 0.3) is 0 Å². The van der Waals surface area contributed by atoms with Gasteiger partial charge in [-0.2, -0.15) is 5.26 Å². The number of carbonyl (C=O) groups excluding carboxylic acids is 1. The Morgan fingerprint density at radius 3 is 2.70 bits per heavy atom. The monoisotopic (exact) mass is 275 g/mol. The zero-order chi connectivity index (χ0) is 15.3. The van der Waals surface area contributed by atoms with Gasteiger partial charge in [-0.3, -0.25) is 0 Å². The molecule has 1 atom stereocenters. The van der Waals surface area contributed by atoms with Crippen LogP contribution in [0, 0.1) is 18.3 Å². The van der Waals surface area contributed by atoms with E-state index in [0.29, 0.717) is 11.3 Å². The van der Waals surface area contributed by atoms with Crippen molar-refractivity contribution in [3.63, 3.8) is 0 Å². The molecule has 0 saturated heterocycles. The molecular weight excluding hydrogens is 258 g/mol.